The minimum atomic E-state index is -0.247. The molecule has 2 aliphatic heterocycles. The first-order chi connectivity index (χ1) is 9.78. The molecule has 108 valence electrons. The minimum Gasteiger partial charge on any atom is -0.486 e. The van der Waals surface area contributed by atoms with E-state index < -0.39 is 0 Å². The number of fused-ring (bicyclic) bond motifs is 1. The number of benzene rings is 1. The molecule has 1 aromatic rings. The van der Waals surface area contributed by atoms with Gasteiger partial charge in [0.15, 0.2) is 11.5 Å². The van der Waals surface area contributed by atoms with Crippen LogP contribution in [0.4, 0.5) is 4.79 Å². The van der Waals surface area contributed by atoms with Crippen LogP contribution >= 0.6 is 0 Å². The highest BCUT2D eigenvalue weighted by atomic mass is 16.6. The molecule has 20 heavy (non-hydrogen) atoms. The smallest absolute Gasteiger partial charge is 0.410 e. The second-order valence-electron chi connectivity index (χ2n) is 4.80. The van der Waals surface area contributed by atoms with E-state index in [1.54, 1.807) is 4.90 Å². The van der Waals surface area contributed by atoms with Crippen molar-refractivity contribution in [3.8, 4) is 11.5 Å². The van der Waals surface area contributed by atoms with Crippen molar-refractivity contribution in [1.29, 1.82) is 0 Å². The van der Waals surface area contributed by atoms with E-state index in [1.807, 2.05) is 25.2 Å². The number of likely N-dealkylation sites (N-methyl/N-ethyl adjacent to an activating group) is 1. The van der Waals surface area contributed by atoms with Crippen LogP contribution < -0.4 is 14.8 Å². The summed E-state index contributed by atoms with van der Waals surface area (Å²) in [6.45, 7) is 2.84. The molecule has 1 saturated heterocycles. The Balaban J connectivity index is 1.76. The Morgan fingerprint density at radius 1 is 1.20 bits per heavy atom. The maximum atomic E-state index is 11.5. The predicted molar refractivity (Wildman–Crippen MR) is 72.2 cm³/mol. The third-order valence-corrected chi connectivity index (χ3v) is 3.56. The van der Waals surface area contributed by atoms with Crippen LogP contribution in [0, 0.1) is 0 Å². The van der Waals surface area contributed by atoms with Crippen molar-refractivity contribution in [1.82, 2.24) is 10.2 Å². The Bertz CT molecular complexity index is 506. The summed E-state index contributed by atoms with van der Waals surface area (Å²) in [6, 6.07) is 5.92. The largest absolute Gasteiger partial charge is 0.486 e. The lowest BCUT2D eigenvalue weighted by molar-refractivity contribution is 0.156. The molecule has 1 amide bonds. The highest BCUT2D eigenvalue weighted by molar-refractivity contribution is 5.69. The lowest BCUT2D eigenvalue weighted by atomic mass is 10.1. The van der Waals surface area contributed by atoms with Gasteiger partial charge in [0.2, 0.25) is 0 Å². The van der Waals surface area contributed by atoms with Gasteiger partial charge in [0.25, 0.3) is 0 Å². The molecule has 1 aromatic carbocycles. The normalized spacial score (nSPS) is 18.9. The molecule has 6 nitrogen and oxygen atoms in total. The van der Waals surface area contributed by atoms with Crippen molar-refractivity contribution >= 4 is 6.09 Å². The SMILES string of the molecule is CNC(CN1CCOC1=O)c1ccc2c(c1)OCCO2. The van der Waals surface area contributed by atoms with Gasteiger partial charge in [0, 0.05) is 12.6 Å². The third-order valence-electron chi connectivity index (χ3n) is 3.56. The van der Waals surface area contributed by atoms with Crippen LogP contribution in [0.1, 0.15) is 11.6 Å². The van der Waals surface area contributed by atoms with Gasteiger partial charge in [-0.05, 0) is 24.7 Å². The fourth-order valence-corrected chi connectivity index (χ4v) is 2.45. The average molecular weight is 278 g/mol. The molecule has 1 fully saturated rings. The van der Waals surface area contributed by atoms with Crippen LogP contribution in [0.5, 0.6) is 11.5 Å². The first-order valence-corrected chi connectivity index (χ1v) is 6.76. The maximum absolute atomic E-state index is 11.5. The van der Waals surface area contributed by atoms with E-state index in [9.17, 15) is 4.79 Å². The van der Waals surface area contributed by atoms with E-state index in [1.165, 1.54) is 0 Å². The summed E-state index contributed by atoms with van der Waals surface area (Å²) in [5, 5.41) is 3.23. The van der Waals surface area contributed by atoms with Gasteiger partial charge in [-0.3, -0.25) is 0 Å². The van der Waals surface area contributed by atoms with Gasteiger partial charge in [-0.2, -0.15) is 0 Å². The zero-order chi connectivity index (χ0) is 13.9. The summed E-state index contributed by atoms with van der Waals surface area (Å²) in [5.41, 5.74) is 1.07. The van der Waals surface area contributed by atoms with Crippen molar-refractivity contribution in [3.63, 3.8) is 0 Å². The second-order valence-corrected chi connectivity index (χ2v) is 4.80. The van der Waals surface area contributed by atoms with Gasteiger partial charge < -0.3 is 24.4 Å². The van der Waals surface area contributed by atoms with E-state index in [0.717, 1.165) is 17.1 Å². The summed E-state index contributed by atoms with van der Waals surface area (Å²) >= 11 is 0. The summed E-state index contributed by atoms with van der Waals surface area (Å²) in [7, 11) is 1.88. The van der Waals surface area contributed by atoms with Crippen LogP contribution in [0.3, 0.4) is 0 Å². The zero-order valence-corrected chi connectivity index (χ0v) is 11.4. The molecule has 1 N–H and O–H groups in total. The molecule has 0 bridgehead atoms. The number of ether oxygens (including phenoxy) is 3. The molecule has 0 saturated carbocycles. The van der Waals surface area contributed by atoms with Crippen molar-refractivity contribution in [2.24, 2.45) is 0 Å². The van der Waals surface area contributed by atoms with Crippen molar-refractivity contribution in [2.45, 2.75) is 6.04 Å². The number of carbonyl (C=O) groups excluding carboxylic acids is 1. The Labute approximate surface area is 117 Å². The van der Waals surface area contributed by atoms with Gasteiger partial charge in [0.1, 0.15) is 19.8 Å². The third kappa shape index (κ3) is 2.51. The highest BCUT2D eigenvalue weighted by Crippen LogP contribution is 2.32. The van der Waals surface area contributed by atoms with E-state index in [2.05, 4.69) is 5.32 Å². The number of nitrogens with zero attached hydrogens (tertiary/aromatic N) is 1. The first-order valence-electron chi connectivity index (χ1n) is 6.76. The lowest BCUT2D eigenvalue weighted by Gasteiger charge is -2.24. The van der Waals surface area contributed by atoms with Crippen LogP contribution in [-0.2, 0) is 4.74 Å². The molecule has 1 atom stereocenters. The van der Waals surface area contributed by atoms with E-state index >= 15 is 0 Å². The lowest BCUT2D eigenvalue weighted by Crippen LogP contribution is -2.34. The molecule has 6 heteroatoms. The molecule has 0 aliphatic carbocycles. The summed E-state index contributed by atoms with van der Waals surface area (Å²) in [5.74, 6) is 1.54. The fourth-order valence-electron chi connectivity index (χ4n) is 2.45. The molecular formula is C14H18N2O4. The Hall–Kier alpha value is -1.95. The highest BCUT2D eigenvalue weighted by Gasteiger charge is 2.26. The monoisotopic (exact) mass is 278 g/mol. The molecule has 0 aromatic heterocycles. The van der Waals surface area contributed by atoms with E-state index in [4.69, 9.17) is 14.2 Å². The van der Waals surface area contributed by atoms with Crippen molar-refractivity contribution < 1.29 is 19.0 Å². The zero-order valence-electron chi connectivity index (χ0n) is 11.4. The van der Waals surface area contributed by atoms with Crippen LogP contribution in [-0.4, -0.2) is 51.0 Å². The summed E-state index contributed by atoms with van der Waals surface area (Å²) in [4.78, 5) is 13.2. The Kier molecular flexibility index (Phi) is 3.64. The van der Waals surface area contributed by atoms with Crippen LogP contribution in [0.25, 0.3) is 0 Å². The number of amides is 1. The number of nitrogens with one attached hydrogen (secondary N) is 1. The summed E-state index contributed by atoms with van der Waals surface area (Å²) in [6.07, 6.45) is -0.247. The maximum Gasteiger partial charge on any atom is 0.410 e. The van der Waals surface area contributed by atoms with Gasteiger partial charge in [-0.1, -0.05) is 6.07 Å². The number of hydrogen-bond acceptors (Lipinski definition) is 5. The predicted octanol–water partition coefficient (Wildman–Crippen LogP) is 1.17. The second kappa shape index (κ2) is 5.58. The van der Waals surface area contributed by atoms with Gasteiger partial charge in [-0.25, -0.2) is 4.79 Å². The number of cyclic esters (lactones) is 1. The van der Waals surface area contributed by atoms with Gasteiger partial charge >= 0.3 is 6.09 Å². The number of carbonyl (C=O) groups is 1. The van der Waals surface area contributed by atoms with Crippen LogP contribution in [0.15, 0.2) is 18.2 Å². The Morgan fingerprint density at radius 2 is 2.00 bits per heavy atom. The van der Waals surface area contributed by atoms with Crippen molar-refractivity contribution in [3.05, 3.63) is 23.8 Å². The average Bonchev–Trinajstić information content (AvgIpc) is 2.89. The molecule has 0 spiro atoms. The summed E-state index contributed by atoms with van der Waals surface area (Å²) < 4.78 is 16.1. The van der Waals surface area contributed by atoms with Gasteiger partial charge in [0.05, 0.1) is 6.54 Å². The number of hydrogen-bond donors (Lipinski definition) is 1. The van der Waals surface area contributed by atoms with Crippen molar-refractivity contribution in [2.75, 3.05) is 40.0 Å². The fraction of sp³-hybridized carbons (Fsp3) is 0.500. The standard InChI is InChI=1S/C14H18N2O4/c1-15-11(9-16-4-5-20-14(16)17)10-2-3-12-13(8-10)19-7-6-18-12/h2-3,8,11,15H,4-7,9H2,1H3. The molecule has 1 unspecified atom stereocenters. The van der Waals surface area contributed by atoms with E-state index in [0.29, 0.717) is 32.9 Å². The molecule has 2 heterocycles. The number of rotatable bonds is 4. The molecule has 3 rings (SSSR count). The minimum absolute atomic E-state index is 0.0384. The van der Waals surface area contributed by atoms with Crippen LogP contribution in [0.2, 0.25) is 0 Å². The molecule has 2 aliphatic rings. The quantitative estimate of drug-likeness (QED) is 0.896. The van der Waals surface area contributed by atoms with E-state index in [-0.39, 0.29) is 12.1 Å². The molecular weight excluding hydrogens is 260 g/mol. The molecule has 0 radical (unpaired) electrons. The van der Waals surface area contributed by atoms with Gasteiger partial charge in [-0.15, -0.1) is 0 Å². The Morgan fingerprint density at radius 3 is 2.70 bits per heavy atom. The first kappa shape index (κ1) is 13.1. The topological polar surface area (TPSA) is 60.0 Å².